The van der Waals surface area contributed by atoms with Gasteiger partial charge in [0.1, 0.15) is 0 Å². The summed E-state index contributed by atoms with van der Waals surface area (Å²) in [6.45, 7) is 3.85. The minimum absolute atomic E-state index is 0.0106. The lowest BCUT2D eigenvalue weighted by Crippen LogP contribution is -2.10. The minimum Gasteiger partial charge on any atom is -0.389 e. The first kappa shape index (κ1) is 11.0. The first-order valence-corrected chi connectivity index (χ1v) is 4.74. The molecular weight excluding hydrogens is 176 g/mol. The fraction of sp³-hybridized carbons (Fsp3) is 0.500. The van der Waals surface area contributed by atoms with Crippen molar-refractivity contribution in [1.82, 2.24) is 0 Å². The van der Waals surface area contributed by atoms with Crippen molar-refractivity contribution in [3.63, 3.8) is 0 Å². The Morgan fingerprint density at radius 1 is 1.50 bits per heavy atom. The Labute approximate surface area is 85.3 Å². The van der Waals surface area contributed by atoms with E-state index in [4.69, 9.17) is 4.74 Å². The van der Waals surface area contributed by atoms with Crippen molar-refractivity contribution in [3.8, 4) is 11.8 Å². The van der Waals surface area contributed by atoms with Crippen LogP contribution >= 0.6 is 0 Å². The van der Waals surface area contributed by atoms with Crippen LogP contribution in [0.4, 0.5) is 0 Å². The smallest absolute Gasteiger partial charge is 0.0862 e. The van der Waals surface area contributed by atoms with Crippen LogP contribution in [0.5, 0.6) is 0 Å². The van der Waals surface area contributed by atoms with Crippen LogP contribution in [0.1, 0.15) is 19.3 Å². The summed E-state index contributed by atoms with van der Waals surface area (Å²) in [5.41, 5.74) is 0.977. The molecule has 2 nitrogen and oxygen atoms in total. The van der Waals surface area contributed by atoms with Gasteiger partial charge in [-0.05, 0) is 6.42 Å². The predicted octanol–water partition coefficient (Wildman–Crippen LogP) is 1.66. The van der Waals surface area contributed by atoms with Crippen LogP contribution in [0, 0.1) is 11.8 Å². The Morgan fingerprint density at radius 3 is 3.00 bits per heavy atom. The molecule has 0 aromatic carbocycles. The summed E-state index contributed by atoms with van der Waals surface area (Å²) >= 11 is 0. The van der Waals surface area contributed by atoms with Crippen LogP contribution in [-0.2, 0) is 4.74 Å². The normalized spacial score (nSPS) is 28.0. The van der Waals surface area contributed by atoms with Gasteiger partial charge in [-0.25, -0.2) is 0 Å². The monoisotopic (exact) mass is 192 g/mol. The highest BCUT2D eigenvalue weighted by Crippen LogP contribution is 2.10. The molecule has 2 heteroatoms. The predicted molar refractivity (Wildman–Crippen MR) is 56.7 cm³/mol. The van der Waals surface area contributed by atoms with Crippen molar-refractivity contribution in [2.75, 3.05) is 7.11 Å². The summed E-state index contributed by atoms with van der Waals surface area (Å²) in [7, 11) is 1.65. The number of ether oxygens (including phenoxy) is 1. The molecule has 76 valence electrons. The van der Waals surface area contributed by atoms with E-state index in [0.29, 0.717) is 19.3 Å². The van der Waals surface area contributed by atoms with Gasteiger partial charge in [-0.15, -0.1) is 0 Å². The lowest BCUT2D eigenvalue weighted by atomic mass is 10.0. The largest absolute Gasteiger partial charge is 0.389 e. The summed E-state index contributed by atoms with van der Waals surface area (Å²) in [4.78, 5) is 0. The lowest BCUT2D eigenvalue weighted by Gasteiger charge is -2.11. The molecule has 1 aliphatic carbocycles. The second-order valence-electron chi connectivity index (χ2n) is 3.41. The molecule has 1 N–H and O–H groups in total. The van der Waals surface area contributed by atoms with Crippen LogP contribution in [0.25, 0.3) is 0 Å². The Hall–Kier alpha value is -1.04. The van der Waals surface area contributed by atoms with Crippen LogP contribution in [0.3, 0.4) is 0 Å². The Kier molecular flexibility index (Phi) is 4.45. The Bertz CT molecular complexity index is 280. The summed E-state index contributed by atoms with van der Waals surface area (Å²) in [6.07, 6.45) is 5.07. The average Bonchev–Trinajstić information content (AvgIpc) is 2.16. The highest BCUT2D eigenvalue weighted by atomic mass is 16.5. The Balaban J connectivity index is 2.67. The second kappa shape index (κ2) is 5.64. The van der Waals surface area contributed by atoms with Crippen LogP contribution < -0.4 is 0 Å². The topological polar surface area (TPSA) is 29.5 Å². The van der Waals surface area contributed by atoms with E-state index in [1.807, 2.05) is 6.08 Å². The molecule has 0 saturated carbocycles. The summed E-state index contributed by atoms with van der Waals surface area (Å²) < 4.78 is 5.18. The molecule has 0 aliphatic heterocycles. The van der Waals surface area contributed by atoms with Gasteiger partial charge >= 0.3 is 0 Å². The van der Waals surface area contributed by atoms with Crippen LogP contribution in [0.2, 0.25) is 0 Å². The summed E-state index contributed by atoms with van der Waals surface area (Å²) in [5, 5.41) is 9.56. The van der Waals surface area contributed by atoms with Crippen molar-refractivity contribution >= 4 is 0 Å². The molecule has 0 fully saturated rings. The third-order valence-electron chi connectivity index (χ3n) is 2.12. The fourth-order valence-electron chi connectivity index (χ4n) is 1.28. The molecule has 0 heterocycles. The van der Waals surface area contributed by atoms with Crippen molar-refractivity contribution in [2.45, 2.75) is 31.5 Å². The molecule has 14 heavy (non-hydrogen) atoms. The van der Waals surface area contributed by atoms with Gasteiger partial charge < -0.3 is 9.84 Å². The zero-order valence-electron chi connectivity index (χ0n) is 8.49. The number of aliphatic hydroxyl groups excluding tert-OH is 1. The van der Waals surface area contributed by atoms with E-state index in [2.05, 4.69) is 18.4 Å². The van der Waals surface area contributed by atoms with Gasteiger partial charge in [0.15, 0.2) is 0 Å². The molecule has 0 spiro atoms. The zero-order chi connectivity index (χ0) is 10.4. The van der Waals surface area contributed by atoms with E-state index in [-0.39, 0.29) is 6.10 Å². The molecule has 1 aliphatic rings. The Morgan fingerprint density at radius 2 is 2.29 bits per heavy atom. The van der Waals surface area contributed by atoms with E-state index in [9.17, 15) is 5.11 Å². The minimum atomic E-state index is -0.458. The first-order chi connectivity index (χ1) is 6.72. The maximum absolute atomic E-state index is 9.56. The maximum atomic E-state index is 9.56. The quantitative estimate of drug-likeness (QED) is 0.506. The number of aliphatic hydroxyl groups is 1. The van der Waals surface area contributed by atoms with Gasteiger partial charge in [-0.1, -0.05) is 36.1 Å². The van der Waals surface area contributed by atoms with E-state index in [1.54, 1.807) is 13.2 Å². The standard InChI is InChI=1S/C12H16O2/c1-10-5-3-4-6-12(14-2)8-7-11(13)9-10/h7-8,11-13H,1,5-6,9H2,2H3/t11-,12+/m0/s1. The highest BCUT2D eigenvalue weighted by molar-refractivity contribution is 5.15. The number of hydrogen-bond acceptors (Lipinski definition) is 2. The third kappa shape index (κ3) is 3.78. The number of rotatable bonds is 1. The van der Waals surface area contributed by atoms with Crippen molar-refractivity contribution < 1.29 is 9.84 Å². The van der Waals surface area contributed by atoms with Crippen LogP contribution in [-0.4, -0.2) is 24.4 Å². The molecule has 1 rings (SSSR count). The molecule has 0 amide bonds. The summed E-state index contributed by atoms with van der Waals surface area (Å²) in [6, 6.07) is 0. The van der Waals surface area contributed by atoms with Gasteiger partial charge in [0.25, 0.3) is 0 Å². The van der Waals surface area contributed by atoms with Gasteiger partial charge in [0.2, 0.25) is 0 Å². The molecule has 0 aromatic heterocycles. The molecule has 0 saturated heterocycles. The van der Waals surface area contributed by atoms with Gasteiger partial charge in [-0.2, -0.15) is 0 Å². The molecular formula is C12H16O2. The SMILES string of the molecule is C=C1CC#CC[C@@H](OC)C=C[C@H](O)C1. The maximum Gasteiger partial charge on any atom is 0.0862 e. The second-order valence-corrected chi connectivity index (χ2v) is 3.41. The zero-order valence-corrected chi connectivity index (χ0v) is 8.49. The van der Waals surface area contributed by atoms with E-state index < -0.39 is 6.10 Å². The molecule has 0 aromatic rings. The van der Waals surface area contributed by atoms with Crippen LogP contribution in [0.15, 0.2) is 24.3 Å². The molecule has 2 atom stereocenters. The van der Waals surface area contributed by atoms with E-state index in [1.165, 1.54) is 0 Å². The summed E-state index contributed by atoms with van der Waals surface area (Å²) in [5.74, 6) is 6.05. The molecule has 0 unspecified atom stereocenters. The fourth-order valence-corrected chi connectivity index (χ4v) is 1.28. The lowest BCUT2D eigenvalue weighted by molar-refractivity contribution is 0.142. The average molecular weight is 192 g/mol. The van der Waals surface area contributed by atoms with Gasteiger partial charge in [0.05, 0.1) is 12.2 Å². The number of methoxy groups -OCH3 is 1. The first-order valence-electron chi connectivity index (χ1n) is 4.74. The van der Waals surface area contributed by atoms with Crippen molar-refractivity contribution in [2.24, 2.45) is 0 Å². The molecule has 0 bridgehead atoms. The number of hydrogen-bond donors (Lipinski definition) is 1. The highest BCUT2D eigenvalue weighted by Gasteiger charge is 2.06. The van der Waals surface area contributed by atoms with Crippen molar-refractivity contribution in [1.29, 1.82) is 0 Å². The molecule has 0 radical (unpaired) electrons. The van der Waals surface area contributed by atoms with Gasteiger partial charge in [0, 0.05) is 20.0 Å². The van der Waals surface area contributed by atoms with Gasteiger partial charge in [-0.3, -0.25) is 0 Å². The van der Waals surface area contributed by atoms with E-state index >= 15 is 0 Å². The van der Waals surface area contributed by atoms with Crippen molar-refractivity contribution in [3.05, 3.63) is 24.3 Å². The van der Waals surface area contributed by atoms with E-state index in [0.717, 1.165) is 5.57 Å². The third-order valence-corrected chi connectivity index (χ3v) is 2.12.